The fraction of sp³-hybridized carbons (Fsp3) is 0.222. The van der Waals surface area contributed by atoms with E-state index in [1.54, 1.807) is 23.7 Å². The summed E-state index contributed by atoms with van der Waals surface area (Å²) in [4.78, 5) is 4.13. The maximum atomic E-state index is 14.6. The van der Waals surface area contributed by atoms with Gasteiger partial charge in [0.05, 0.1) is 29.4 Å². The minimum atomic E-state index is -3.56. The zero-order chi connectivity index (χ0) is 20.5. The number of halogens is 2. The number of hydrazone groups is 1. The average molecular weight is 384 g/mol. The first-order valence-electron chi connectivity index (χ1n) is 8.28. The first-order valence-corrected chi connectivity index (χ1v) is 8.28. The van der Waals surface area contributed by atoms with E-state index in [0.29, 0.717) is 22.3 Å². The lowest BCUT2D eigenvalue weighted by atomic mass is 10.0. The van der Waals surface area contributed by atoms with Gasteiger partial charge in [0, 0.05) is 11.8 Å². The molecule has 0 aliphatic heterocycles. The molecule has 0 spiro atoms. The molecule has 0 radical (unpaired) electrons. The smallest absolute Gasteiger partial charge is 0.321 e. The summed E-state index contributed by atoms with van der Waals surface area (Å²) < 4.78 is 30.8. The molecule has 8 nitrogen and oxygen atoms in total. The van der Waals surface area contributed by atoms with Gasteiger partial charge >= 0.3 is 5.92 Å². The Morgan fingerprint density at radius 1 is 1.39 bits per heavy atom. The predicted molar refractivity (Wildman–Crippen MR) is 100 cm³/mol. The fourth-order valence-electron chi connectivity index (χ4n) is 3.02. The second-order valence-electron chi connectivity index (χ2n) is 6.24. The number of hydrazine groups is 1. The fourth-order valence-corrected chi connectivity index (χ4v) is 3.02. The van der Waals surface area contributed by atoms with Gasteiger partial charge in [-0.05, 0) is 37.1 Å². The van der Waals surface area contributed by atoms with Crippen LogP contribution in [0.2, 0.25) is 0 Å². The number of nitriles is 1. The number of hydrogen-bond donors (Lipinski definition) is 3. The third kappa shape index (κ3) is 3.12. The summed E-state index contributed by atoms with van der Waals surface area (Å²) in [6.07, 6.45) is 1.04. The normalized spacial score (nSPS) is 12.2. The van der Waals surface area contributed by atoms with Crippen LogP contribution in [0.25, 0.3) is 11.0 Å². The van der Waals surface area contributed by atoms with Crippen LogP contribution in [0.3, 0.4) is 0 Å². The number of aromatic nitrogens is 3. The molecule has 0 fully saturated rings. The first kappa shape index (κ1) is 19.2. The van der Waals surface area contributed by atoms with Crippen LogP contribution in [0, 0.1) is 25.2 Å². The second kappa shape index (κ2) is 7.21. The van der Waals surface area contributed by atoms with Crippen LogP contribution in [0.4, 0.5) is 8.78 Å². The van der Waals surface area contributed by atoms with Crippen LogP contribution in [0.1, 0.15) is 27.9 Å². The minimum Gasteiger partial charge on any atom is -0.321 e. The predicted octanol–water partition coefficient (Wildman–Crippen LogP) is 1.80. The molecule has 0 aliphatic carbocycles. The maximum absolute atomic E-state index is 14.6. The van der Waals surface area contributed by atoms with Crippen molar-refractivity contribution in [2.45, 2.75) is 26.3 Å². The van der Waals surface area contributed by atoms with Crippen molar-refractivity contribution in [1.82, 2.24) is 20.2 Å². The van der Waals surface area contributed by atoms with Crippen molar-refractivity contribution in [2.24, 2.45) is 16.8 Å². The Bertz CT molecular complexity index is 1110. The number of alkyl halides is 2. The molecule has 3 aromatic rings. The summed E-state index contributed by atoms with van der Waals surface area (Å²) in [5.41, 5.74) is 5.01. The van der Waals surface area contributed by atoms with Gasteiger partial charge in [0.25, 0.3) is 0 Å². The topological polar surface area (TPSA) is 131 Å². The molecule has 3 rings (SSSR count). The molecular weight excluding hydrogens is 366 g/mol. The van der Waals surface area contributed by atoms with Crippen LogP contribution in [-0.4, -0.2) is 20.6 Å². The van der Waals surface area contributed by atoms with E-state index in [1.807, 2.05) is 18.4 Å². The zero-order valence-electron chi connectivity index (χ0n) is 15.2. The summed E-state index contributed by atoms with van der Waals surface area (Å²) in [5.74, 6) is 5.65. The molecule has 0 saturated carbocycles. The van der Waals surface area contributed by atoms with E-state index in [1.165, 1.54) is 6.07 Å². The van der Waals surface area contributed by atoms with Gasteiger partial charge in [-0.2, -0.15) is 24.2 Å². The van der Waals surface area contributed by atoms with E-state index in [9.17, 15) is 14.0 Å². The Morgan fingerprint density at radius 2 is 2.14 bits per heavy atom. The van der Waals surface area contributed by atoms with Crippen LogP contribution < -0.4 is 17.1 Å². The highest BCUT2D eigenvalue weighted by Gasteiger charge is 2.39. The van der Waals surface area contributed by atoms with Crippen molar-refractivity contribution < 1.29 is 8.78 Å². The molecule has 0 atom stereocenters. The largest absolute Gasteiger partial charge is 0.334 e. The van der Waals surface area contributed by atoms with E-state index in [4.69, 9.17) is 11.7 Å². The van der Waals surface area contributed by atoms with Crippen molar-refractivity contribution in [2.75, 3.05) is 0 Å². The highest BCUT2D eigenvalue weighted by atomic mass is 19.3. The summed E-state index contributed by atoms with van der Waals surface area (Å²) >= 11 is 0. The average Bonchev–Trinajstić information content (AvgIpc) is 2.99. The molecule has 1 aromatic carbocycles. The summed E-state index contributed by atoms with van der Waals surface area (Å²) in [5, 5.41) is 16.8. The summed E-state index contributed by atoms with van der Waals surface area (Å²) in [6.45, 7) is 3.86. The van der Waals surface area contributed by atoms with Crippen molar-refractivity contribution in [1.29, 1.82) is 5.26 Å². The van der Waals surface area contributed by atoms with Crippen molar-refractivity contribution >= 4 is 16.9 Å². The Hall–Kier alpha value is -3.58. The van der Waals surface area contributed by atoms with Gasteiger partial charge in [-0.15, -0.1) is 0 Å². The van der Waals surface area contributed by atoms with Gasteiger partial charge in [0.2, 0.25) is 5.84 Å². The van der Waals surface area contributed by atoms with Gasteiger partial charge < -0.3 is 11.3 Å². The number of pyridine rings is 1. The van der Waals surface area contributed by atoms with E-state index >= 15 is 0 Å². The Morgan fingerprint density at radius 3 is 2.79 bits per heavy atom. The first-order chi connectivity index (χ1) is 13.3. The number of hydrogen-bond acceptors (Lipinski definition) is 6. The Kier molecular flexibility index (Phi) is 4.94. The molecule has 0 saturated heterocycles. The number of nitrogens with zero attached hydrogens (tertiary/aromatic N) is 5. The van der Waals surface area contributed by atoms with Gasteiger partial charge in [0.1, 0.15) is 5.52 Å². The van der Waals surface area contributed by atoms with Crippen molar-refractivity contribution in [3.63, 3.8) is 0 Å². The molecule has 10 heteroatoms. The van der Waals surface area contributed by atoms with Crippen LogP contribution >= 0.6 is 0 Å². The van der Waals surface area contributed by atoms with Crippen molar-refractivity contribution in [3.05, 3.63) is 58.4 Å². The molecule has 5 N–H and O–H groups in total. The quantitative estimate of drug-likeness (QED) is 0.272. The number of benzene rings is 1. The monoisotopic (exact) mass is 384 g/mol. The molecule has 0 unspecified atom stereocenters. The number of aryl methyl sites for hydroxylation is 2. The maximum Gasteiger partial charge on any atom is 0.334 e. The standard InChI is InChI=1S/C18H18F2N8/c1-10-4-3-5-12(7-21)14(10)9-28-15-6-13(8-24-16(15)11(2)27-28)18(19,20)17(25-22)26-23/h3-6,8H,9,22-23H2,1-2H3,(H,25,26). The molecule has 0 bridgehead atoms. The molecule has 144 valence electrons. The minimum absolute atomic E-state index is 0.240. The molecule has 2 heterocycles. The Labute approximate surface area is 159 Å². The summed E-state index contributed by atoms with van der Waals surface area (Å²) in [7, 11) is 0. The SMILES string of the molecule is Cc1cccc(C#N)c1Cn1nc(C)c2ncc(C(F)(F)/C(=N/N)NN)cc21. The third-order valence-corrected chi connectivity index (χ3v) is 4.52. The van der Waals surface area contributed by atoms with E-state index in [-0.39, 0.29) is 6.54 Å². The second-order valence-corrected chi connectivity index (χ2v) is 6.24. The van der Waals surface area contributed by atoms with Crippen LogP contribution in [-0.2, 0) is 12.5 Å². The number of amidine groups is 1. The van der Waals surface area contributed by atoms with Crippen LogP contribution in [0.15, 0.2) is 35.6 Å². The van der Waals surface area contributed by atoms with Crippen LogP contribution in [0.5, 0.6) is 0 Å². The molecule has 2 aromatic heterocycles. The number of fused-ring (bicyclic) bond motifs is 1. The van der Waals surface area contributed by atoms with E-state index in [2.05, 4.69) is 21.3 Å². The number of nitrogens with one attached hydrogen (secondary N) is 1. The molecule has 28 heavy (non-hydrogen) atoms. The molecule has 0 amide bonds. The third-order valence-electron chi connectivity index (χ3n) is 4.52. The van der Waals surface area contributed by atoms with Gasteiger partial charge in [0.15, 0.2) is 0 Å². The van der Waals surface area contributed by atoms with Gasteiger partial charge in [-0.1, -0.05) is 12.1 Å². The number of nitrogens with two attached hydrogens (primary N) is 2. The Balaban J connectivity index is 2.15. The lowest BCUT2D eigenvalue weighted by molar-refractivity contribution is 0.0710. The van der Waals surface area contributed by atoms with Crippen molar-refractivity contribution in [3.8, 4) is 6.07 Å². The lowest BCUT2D eigenvalue weighted by Gasteiger charge is -2.17. The van der Waals surface area contributed by atoms with E-state index < -0.39 is 17.3 Å². The van der Waals surface area contributed by atoms with Gasteiger partial charge in [-0.25, -0.2) is 5.84 Å². The number of rotatable bonds is 4. The molecular formula is C18H18F2N8. The van der Waals surface area contributed by atoms with Gasteiger partial charge in [-0.3, -0.25) is 9.67 Å². The highest BCUT2D eigenvalue weighted by molar-refractivity contribution is 5.90. The lowest BCUT2D eigenvalue weighted by Crippen LogP contribution is -2.43. The summed E-state index contributed by atoms with van der Waals surface area (Å²) in [6, 6.07) is 8.79. The zero-order valence-corrected chi connectivity index (χ0v) is 15.2. The highest BCUT2D eigenvalue weighted by Crippen LogP contribution is 2.31. The molecule has 0 aliphatic rings. The van der Waals surface area contributed by atoms with E-state index in [0.717, 1.165) is 17.3 Å².